The lowest BCUT2D eigenvalue weighted by Crippen LogP contribution is -2.45. The number of aryl methyl sites for hydroxylation is 1. The number of nitriles is 1. The van der Waals surface area contributed by atoms with Crippen molar-refractivity contribution in [3.8, 4) is 11.8 Å². The highest BCUT2D eigenvalue weighted by Crippen LogP contribution is 2.30. The van der Waals surface area contributed by atoms with Gasteiger partial charge in [0, 0.05) is 13.1 Å². The molecule has 3 atom stereocenters. The lowest BCUT2D eigenvalue weighted by atomic mass is 9.96. The standard InChI is InChI=1S/C23H25N3O4S/c1-16-4-10-21(11-5-16)31(28,29)30-20-8-6-17(7-9-20)18-13-22(25-15-18)23(27)26-12-2-3-19(26)14-24/h4-11,18-19,22,25H,2-3,12-13,15H2,1H3/t18-,19-,22-/m0/s1. The van der Waals surface area contributed by atoms with Gasteiger partial charge >= 0.3 is 10.1 Å². The molecular formula is C23H25N3O4S. The minimum absolute atomic E-state index is 0.00399. The topological polar surface area (TPSA) is 99.5 Å². The van der Waals surface area contributed by atoms with E-state index in [1.54, 1.807) is 29.2 Å². The minimum Gasteiger partial charge on any atom is -0.379 e. The van der Waals surface area contributed by atoms with Gasteiger partial charge in [0.1, 0.15) is 16.7 Å². The lowest BCUT2D eigenvalue weighted by Gasteiger charge is -2.23. The van der Waals surface area contributed by atoms with E-state index in [-0.39, 0.29) is 34.6 Å². The molecule has 1 N–H and O–H groups in total. The second-order valence-corrected chi connectivity index (χ2v) is 9.68. The van der Waals surface area contributed by atoms with Crippen LogP contribution < -0.4 is 9.50 Å². The molecule has 0 unspecified atom stereocenters. The van der Waals surface area contributed by atoms with Crippen LogP contribution in [0.3, 0.4) is 0 Å². The Bertz CT molecular complexity index is 1090. The van der Waals surface area contributed by atoms with Gasteiger partial charge in [0.05, 0.1) is 12.1 Å². The van der Waals surface area contributed by atoms with Crippen LogP contribution >= 0.6 is 0 Å². The smallest absolute Gasteiger partial charge is 0.339 e. The van der Waals surface area contributed by atoms with E-state index in [2.05, 4.69) is 11.4 Å². The Morgan fingerprint density at radius 2 is 1.87 bits per heavy atom. The molecule has 2 heterocycles. The van der Waals surface area contributed by atoms with Crippen LogP contribution in [0.4, 0.5) is 0 Å². The van der Waals surface area contributed by atoms with E-state index in [4.69, 9.17) is 4.18 Å². The number of nitrogens with zero attached hydrogens (tertiary/aromatic N) is 2. The van der Waals surface area contributed by atoms with E-state index in [9.17, 15) is 18.5 Å². The maximum absolute atomic E-state index is 12.8. The van der Waals surface area contributed by atoms with Gasteiger partial charge in [0.2, 0.25) is 5.91 Å². The van der Waals surface area contributed by atoms with Gasteiger partial charge in [0.25, 0.3) is 0 Å². The highest BCUT2D eigenvalue weighted by Gasteiger charge is 2.37. The van der Waals surface area contributed by atoms with E-state index >= 15 is 0 Å². The summed E-state index contributed by atoms with van der Waals surface area (Å²) in [6.45, 7) is 3.18. The number of carbonyl (C=O) groups excluding carboxylic acids is 1. The van der Waals surface area contributed by atoms with Crippen molar-refractivity contribution >= 4 is 16.0 Å². The van der Waals surface area contributed by atoms with Crippen LogP contribution in [0.2, 0.25) is 0 Å². The molecule has 4 rings (SSSR count). The lowest BCUT2D eigenvalue weighted by molar-refractivity contribution is -0.133. The average molecular weight is 440 g/mol. The molecule has 2 fully saturated rings. The Hall–Kier alpha value is -2.89. The molecule has 2 saturated heterocycles. The zero-order valence-electron chi connectivity index (χ0n) is 17.3. The Labute approximate surface area is 182 Å². The summed E-state index contributed by atoms with van der Waals surface area (Å²) >= 11 is 0. The summed E-state index contributed by atoms with van der Waals surface area (Å²) in [6, 6.07) is 15.1. The van der Waals surface area contributed by atoms with Crippen molar-refractivity contribution in [2.45, 2.75) is 49.1 Å². The number of amides is 1. The normalized spacial score (nSPS) is 23.5. The van der Waals surface area contributed by atoms with Crippen molar-refractivity contribution in [2.24, 2.45) is 0 Å². The quantitative estimate of drug-likeness (QED) is 0.719. The molecule has 7 nitrogen and oxygen atoms in total. The van der Waals surface area contributed by atoms with Crippen molar-refractivity contribution in [2.75, 3.05) is 13.1 Å². The summed E-state index contributed by atoms with van der Waals surface area (Å²) in [5, 5.41) is 12.5. The molecule has 2 aromatic carbocycles. The summed E-state index contributed by atoms with van der Waals surface area (Å²) in [6.07, 6.45) is 2.26. The van der Waals surface area contributed by atoms with E-state index in [1.165, 1.54) is 12.1 Å². The number of hydrogen-bond donors (Lipinski definition) is 1. The number of nitrogens with one attached hydrogen (secondary N) is 1. The maximum atomic E-state index is 12.8. The van der Waals surface area contributed by atoms with Gasteiger partial charge in [-0.15, -0.1) is 0 Å². The summed E-state index contributed by atoms with van der Waals surface area (Å²) in [4.78, 5) is 14.6. The maximum Gasteiger partial charge on any atom is 0.339 e. The fourth-order valence-corrected chi connectivity index (χ4v) is 5.15. The van der Waals surface area contributed by atoms with Crippen LogP contribution in [0.25, 0.3) is 0 Å². The van der Waals surface area contributed by atoms with E-state index in [0.29, 0.717) is 19.5 Å². The van der Waals surface area contributed by atoms with E-state index < -0.39 is 10.1 Å². The predicted octanol–water partition coefficient (Wildman–Crippen LogP) is 2.72. The SMILES string of the molecule is Cc1ccc(S(=O)(=O)Oc2ccc([C@@H]3CN[C@H](C(=O)N4CCC[C@H]4C#N)C3)cc2)cc1. The van der Waals surface area contributed by atoms with Gasteiger partial charge in [0.15, 0.2) is 0 Å². The predicted molar refractivity (Wildman–Crippen MR) is 115 cm³/mol. The second kappa shape index (κ2) is 8.69. The highest BCUT2D eigenvalue weighted by atomic mass is 32.2. The third kappa shape index (κ3) is 4.58. The zero-order chi connectivity index (χ0) is 22.0. The Morgan fingerprint density at radius 3 is 2.55 bits per heavy atom. The summed E-state index contributed by atoms with van der Waals surface area (Å²) in [7, 11) is -3.89. The first-order valence-corrected chi connectivity index (χ1v) is 11.8. The summed E-state index contributed by atoms with van der Waals surface area (Å²) in [5.41, 5.74) is 1.99. The summed E-state index contributed by atoms with van der Waals surface area (Å²) < 4.78 is 30.2. The van der Waals surface area contributed by atoms with Crippen molar-refractivity contribution < 1.29 is 17.4 Å². The van der Waals surface area contributed by atoms with Crippen molar-refractivity contribution in [1.82, 2.24) is 10.2 Å². The molecule has 2 aliphatic heterocycles. The third-order valence-corrected chi connectivity index (χ3v) is 7.24. The molecule has 0 aromatic heterocycles. The largest absolute Gasteiger partial charge is 0.379 e. The Balaban J connectivity index is 1.39. The first-order valence-electron chi connectivity index (χ1n) is 10.4. The molecule has 2 aliphatic rings. The molecule has 0 saturated carbocycles. The van der Waals surface area contributed by atoms with Gasteiger partial charge in [-0.2, -0.15) is 13.7 Å². The molecule has 0 bridgehead atoms. The molecule has 1 amide bonds. The number of rotatable bonds is 5. The van der Waals surface area contributed by atoms with Gasteiger partial charge in [-0.25, -0.2) is 0 Å². The first kappa shape index (κ1) is 21.3. The van der Waals surface area contributed by atoms with Crippen LogP contribution in [0.1, 0.15) is 36.3 Å². The van der Waals surface area contributed by atoms with Crippen molar-refractivity contribution in [3.63, 3.8) is 0 Å². The van der Waals surface area contributed by atoms with Gasteiger partial charge in [-0.05, 0) is 61.9 Å². The van der Waals surface area contributed by atoms with Gasteiger partial charge in [-0.3, -0.25) is 4.79 Å². The average Bonchev–Trinajstić information content (AvgIpc) is 3.44. The number of benzene rings is 2. The second-order valence-electron chi connectivity index (χ2n) is 8.13. The molecular weight excluding hydrogens is 414 g/mol. The molecule has 0 spiro atoms. The number of carbonyl (C=O) groups is 1. The van der Waals surface area contributed by atoms with Crippen LogP contribution in [-0.4, -0.2) is 44.4 Å². The van der Waals surface area contributed by atoms with Crippen LogP contribution in [0.5, 0.6) is 5.75 Å². The molecule has 162 valence electrons. The molecule has 0 aliphatic carbocycles. The fourth-order valence-electron chi connectivity index (χ4n) is 4.22. The van der Waals surface area contributed by atoms with Crippen LogP contribution in [0, 0.1) is 18.3 Å². The Kier molecular flexibility index (Phi) is 5.99. The molecule has 31 heavy (non-hydrogen) atoms. The monoisotopic (exact) mass is 439 g/mol. The number of hydrogen-bond acceptors (Lipinski definition) is 6. The highest BCUT2D eigenvalue weighted by molar-refractivity contribution is 7.87. The van der Waals surface area contributed by atoms with Crippen molar-refractivity contribution in [3.05, 3.63) is 59.7 Å². The van der Waals surface area contributed by atoms with E-state index in [0.717, 1.165) is 24.0 Å². The first-order chi connectivity index (χ1) is 14.9. The fraction of sp³-hybridized carbons (Fsp3) is 0.391. The Morgan fingerprint density at radius 1 is 1.16 bits per heavy atom. The van der Waals surface area contributed by atoms with Crippen LogP contribution in [0.15, 0.2) is 53.4 Å². The van der Waals surface area contributed by atoms with Crippen molar-refractivity contribution in [1.29, 1.82) is 5.26 Å². The summed E-state index contributed by atoms with van der Waals surface area (Å²) in [5.74, 6) is 0.382. The van der Waals surface area contributed by atoms with Gasteiger partial charge in [-0.1, -0.05) is 29.8 Å². The van der Waals surface area contributed by atoms with Gasteiger partial charge < -0.3 is 14.4 Å². The molecule has 8 heteroatoms. The number of likely N-dealkylation sites (tertiary alicyclic amines) is 1. The van der Waals surface area contributed by atoms with E-state index in [1.807, 2.05) is 19.1 Å². The van der Waals surface area contributed by atoms with Crippen LogP contribution in [-0.2, 0) is 14.9 Å². The third-order valence-electron chi connectivity index (χ3n) is 5.98. The zero-order valence-corrected chi connectivity index (χ0v) is 18.1. The minimum atomic E-state index is -3.89. The molecule has 2 aromatic rings. The molecule has 0 radical (unpaired) electrons.